The average Bonchev–Trinajstić information content (AvgIpc) is 2.90. The molecule has 0 aromatic carbocycles. The van der Waals surface area contributed by atoms with Gasteiger partial charge in [-0.05, 0) is 31.8 Å². The minimum atomic E-state index is 0.612. The predicted octanol–water partition coefficient (Wildman–Crippen LogP) is 1.08. The van der Waals surface area contributed by atoms with E-state index >= 15 is 0 Å². The summed E-state index contributed by atoms with van der Waals surface area (Å²) in [5.41, 5.74) is 6.06. The smallest absolute Gasteiger partial charge is 0.191 e. The zero-order chi connectivity index (χ0) is 12.8. The Morgan fingerprint density at radius 1 is 1.22 bits per heavy atom. The lowest BCUT2D eigenvalue weighted by atomic mass is 10.2. The molecule has 2 N–H and O–H groups in total. The van der Waals surface area contributed by atoms with Gasteiger partial charge in [0.15, 0.2) is 5.96 Å². The lowest BCUT2D eigenvalue weighted by molar-refractivity contribution is 0.291. The first kappa shape index (κ1) is 14.0. The van der Waals surface area contributed by atoms with Crippen LogP contribution in [0.15, 0.2) is 4.99 Å². The molecule has 2 heterocycles. The van der Waals surface area contributed by atoms with Crippen molar-refractivity contribution in [2.45, 2.75) is 19.8 Å². The van der Waals surface area contributed by atoms with Crippen LogP contribution >= 0.6 is 11.8 Å². The number of nitrogens with zero attached hydrogens (tertiary/aromatic N) is 3. The van der Waals surface area contributed by atoms with E-state index < -0.39 is 0 Å². The van der Waals surface area contributed by atoms with E-state index in [0.717, 1.165) is 25.6 Å². The first-order valence-electron chi connectivity index (χ1n) is 7.10. The number of hydrogen-bond acceptors (Lipinski definition) is 3. The van der Waals surface area contributed by atoms with E-state index in [1.807, 2.05) is 11.8 Å². The van der Waals surface area contributed by atoms with Gasteiger partial charge in [0.1, 0.15) is 0 Å². The van der Waals surface area contributed by atoms with Crippen LogP contribution in [0.3, 0.4) is 0 Å². The normalized spacial score (nSPS) is 24.5. The van der Waals surface area contributed by atoms with Gasteiger partial charge < -0.3 is 15.5 Å². The number of aliphatic imine (C=N–C) groups is 1. The molecular weight excluding hydrogens is 244 g/mol. The Kier molecular flexibility index (Phi) is 5.63. The van der Waals surface area contributed by atoms with E-state index in [1.54, 1.807) is 0 Å². The molecule has 2 aliphatic rings. The van der Waals surface area contributed by atoms with Crippen LogP contribution in [-0.4, -0.2) is 66.5 Å². The van der Waals surface area contributed by atoms with Crippen LogP contribution < -0.4 is 5.73 Å². The van der Waals surface area contributed by atoms with Crippen molar-refractivity contribution < 1.29 is 0 Å². The van der Waals surface area contributed by atoms with Gasteiger partial charge in [0.2, 0.25) is 0 Å². The number of guanidine groups is 1. The fourth-order valence-electron chi connectivity index (χ4n) is 2.61. The second-order valence-electron chi connectivity index (χ2n) is 5.41. The summed E-state index contributed by atoms with van der Waals surface area (Å²) in [7, 11) is 0. The number of thioether (sulfide) groups is 1. The molecule has 2 rings (SSSR count). The van der Waals surface area contributed by atoms with Gasteiger partial charge in [-0.25, -0.2) is 0 Å². The van der Waals surface area contributed by atoms with Gasteiger partial charge in [-0.1, -0.05) is 6.92 Å². The molecule has 2 aliphatic heterocycles. The van der Waals surface area contributed by atoms with Crippen LogP contribution in [0.1, 0.15) is 19.8 Å². The minimum Gasteiger partial charge on any atom is -0.370 e. The third-order valence-corrected chi connectivity index (χ3v) is 4.61. The molecule has 104 valence electrons. The van der Waals surface area contributed by atoms with Crippen LogP contribution in [0.2, 0.25) is 0 Å². The topological polar surface area (TPSA) is 44.9 Å². The van der Waals surface area contributed by atoms with Gasteiger partial charge in [0.25, 0.3) is 0 Å². The summed E-state index contributed by atoms with van der Waals surface area (Å²) in [4.78, 5) is 9.35. The van der Waals surface area contributed by atoms with Crippen molar-refractivity contribution >= 4 is 17.7 Å². The molecule has 1 unspecified atom stereocenters. The Hall–Kier alpha value is -0.420. The highest BCUT2D eigenvalue weighted by atomic mass is 32.2. The fourth-order valence-corrected chi connectivity index (χ4v) is 3.51. The minimum absolute atomic E-state index is 0.612. The van der Waals surface area contributed by atoms with Crippen LogP contribution in [0, 0.1) is 5.92 Å². The van der Waals surface area contributed by atoms with Crippen molar-refractivity contribution in [3.63, 3.8) is 0 Å². The molecule has 0 aliphatic carbocycles. The highest BCUT2D eigenvalue weighted by Crippen LogP contribution is 2.11. The molecule has 1 atom stereocenters. The first-order chi connectivity index (χ1) is 8.75. The number of hydrogen-bond donors (Lipinski definition) is 1. The largest absolute Gasteiger partial charge is 0.370 e. The van der Waals surface area contributed by atoms with Crippen molar-refractivity contribution in [3.05, 3.63) is 0 Å². The SMILES string of the molecule is CC(CN=C(N)N1CCSCC1)CN1CCCC1. The van der Waals surface area contributed by atoms with Crippen molar-refractivity contribution in [2.24, 2.45) is 16.6 Å². The summed E-state index contributed by atoms with van der Waals surface area (Å²) >= 11 is 2.00. The highest BCUT2D eigenvalue weighted by Gasteiger charge is 2.15. The monoisotopic (exact) mass is 270 g/mol. The second-order valence-corrected chi connectivity index (χ2v) is 6.64. The van der Waals surface area contributed by atoms with E-state index in [9.17, 15) is 0 Å². The van der Waals surface area contributed by atoms with Crippen molar-refractivity contribution in [1.29, 1.82) is 0 Å². The van der Waals surface area contributed by atoms with E-state index in [-0.39, 0.29) is 0 Å². The van der Waals surface area contributed by atoms with E-state index in [4.69, 9.17) is 5.73 Å². The fraction of sp³-hybridized carbons (Fsp3) is 0.923. The Morgan fingerprint density at radius 2 is 1.89 bits per heavy atom. The Bertz CT molecular complexity index is 270. The molecule has 0 saturated carbocycles. The van der Waals surface area contributed by atoms with Crippen molar-refractivity contribution in [3.8, 4) is 0 Å². The van der Waals surface area contributed by atoms with E-state index in [0.29, 0.717) is 5.92 Å². The van der Waals surface area contributed by atoms with Crippen LogP contribution in [0.4, 0.5) is 0 Å². The Balaban J connectivity index is 1.70. The lowest BCUT2D eigenvalue weighted by Gasteiger charge is -2.27. The maximum atomic E-state index is 6.06. The van der Waals surface area contributed by atoms with E-state index in [1.165, 1.54) is 44.0 Å². The maximum absolute atomic E-state index is 6.06. The standard InChI is InChI=1S/C13H26N4S/c1-12(11-16-4-2-3-5-16)10-15-13(14)17-6-8-18-9-7-17/h12H,2-11H2,1H3,(H2,14,15). The molecule has 18 heavy (non-hydrogen) atoms. The van der Waals surface area contributed by atoms with E-state index in [2.05, 4.69) is 21.7 Å². The summed E-state index contributed by atoms with van der Waals surface area (Å²) in [6, 6.07) is 0. The van der Waals surface area contributed by atoms with Gasteiger partial charge in [-0.15, -0.1) is 0 Å². The highest BCUT2D eigenvalue weighted by molar-refractivity contribution is 7.99. The molecule has 2 fully saturated rings. The molecule has 4 nitrogen and oxygen atoms in total. The number of nitrogens with two attached hydrogens (primary N) is 1. The molecule has 5 heteroatoms. The van der Waals surface area contributed by atoms with Gasteiger partial charge >= 0.3 is 0 Å². The molecular formula is C13H26N4S. The zero-order valence-electron chi connectivity index (χ0n) is 11.5. The van der Waals surface area contributed by atoms with Crippen LogP contribution in [0.25, 0.3) is 0 Å². The predicted molar refractivity (Wildman–Crippen MR) is 80.2 cm³/mol. The maximum Gasteiger partial charge on any atom is 0.191 e. The summed E-state index contributed by atoms with van der Waals surface area (Å²) < 4.78 is 0. The van der Waals surface area contributed by atoms with Gasteiger partial charge in [-0.2, -0.15) is 11.8 Å². The second kappa shape index (κ2) is 7.24. The summed E-state index contributed by atoms with van der Waals surface area (Å²) in [5, 5.41) is 0. The van der Waals surface area contributed by atoms with Crippen LogP contribution in [0.5, 0.6) is 0 Å². The Labute approximate surface area is 115 Å². The summed E-state index contributed by atoms with van der Waals surface area (Å²) in [6.07, 6.45) is 2.73. The molecule has 0 amide bonds. The molecule has 2 saturated heterocycles. The molecule has 0 radical (unpaired) electrons. The van der Waals surface area contributed by atoms with Gasteiger partial charge in [0, 0.05) is 37.7 Å². The van der Waals surface area contributed by atoms with Crippen molar-refractivity contribution in [1.82, 2.24) is 9.80 Å². The quantitative estimate of drug-likeness (QED) is 0.613. The Morgan fingerprint density at radius 3 is 2.56 bits per heavy atom. The number of rotatable bonds is 4. The van der Waals surface area contributed by atoms with Crippen molar-refractivity contribution in [2.75, 3.05) is 50.8 Å². The zero-order valence-corrected chi connectivity index (χ0v) is 12.3. The summed E-state index contributed by atoms with van der Waals surface area (Å²) in [5.74, 6) is 3.73. The summed E-state index contributed by atoms with van der Waals surface area (Å²) in [6.45, 7) is 8.97. The van der Waals surface area contributed by atoms with Crippen LogP contribution in [-0.2, 0) is 0 Å². The molecule has 0 bridgehead atoms. The molecule has 0 spiro atoms. The third kappa shape index (κ3) is 4.35. The van der Waals surface area contributed by atoms with Gasteiger partial charge in [-0.3, -0.25) is 4.99 Å². The lowest BCUT2D eigenvalue weighted by Crippen LogP contribution is -2.43. The van der Waals surface area contributed by atoms with Gasteiger partial charge in [0.05, 0.1) is 0 Å². The third-order valence-electron chi connectivity index (χ3n) is 3.67. The first-order valence-corrected chi connectivity index (χ1v) is 8.26. The average molecular weight is 270 g/mol. The molecule has 0 aromatic heterocycles. The number of likely N-dealkylation sites (tertiary alicyclic amines) is 1. The molecule has 0 aromatic rings.